The zero-order valence-corrected chi connectivity index (χ0v) is 13.2. The Balaban J connectivity index is 1.67. The smallest absolute Gasteiger partial charge is 0.240 e. The molecule has 0 radical (unpaired) electrons. The molecule has 0 saturated heterocycles. The molecule has 2 aliphatic rings. The van der Waals surface area contributed by atoms with Gasteiger partial charge in [-0.1, -0.05) is 0 Å². The van der Waals surface area contributed by atoms with E-state index in [1.54, 1.807) is 0 Å². The van der Waals surface area contributed by atoms with E-state index >= 15 is 0 Å². The largest absolute Gasteiger partial charge is 0.381 e. The van der Waals surface area contributed by atoms with Crippen LogP contribution in [0.3, 0.4) is 0 Å². The van der Waals surface area contributed by atoms with E-state index in [-0.39, 0.29) is 5.25 Å². The van der Waals surface area contributed by atoms with Gasteiger partial charge in [0, 0.05) is 19.8 Å². The van der Waals surface area contributed by atoms with Gasteiger partial charge in [-0.2, -0.15) is 0 Å². The fourth-order valence-electron chi connectivity index (χ4n) is 2.05. The van der Waals surface area contributed by atoms with Crippen LogP contribution in [0.15, 0.2) is 0 Å². The summed E-state index contributed by atoms with van der Waals surface area (Å²) in [5.74, 6) is 0.346. The molecule has 1 N–H and O–H groups in total. The first-order chi connectivity index (χ1) is 9.35. The SMILES string of the molecule is CC(C)(C(=O)NCCCOCC1CC1)S(=O)(=O)C1CC1. The number of carbonyl (C=O) groups excluding carboxylic acids is 1. The van der Waals surface area contributed by atoms with Crippen molar-refractivity contribution in [2.24, 2.45) is 5.92 Å². The first-order valence-corrected chi connectivity index (χ1v) is 9.00. The zero-order valence-electron chi connectivity index (χ0n) is 12.4. The molecular weight excluding hydrogens is 278 g/mol. The van der Waals surface area contributed by atoms with Gasteiger partial charge in [0.1, 0.15) is 4.75 Å². The summed E-state index contributed by atoms with van der Waals surface area (Å²) in [7, 11) is -3.36. The molecule has 116 valence electrons. The highest BCUT2D eigenvalue weighted by molar-refractivity contribution is 7.94. The number of sulfone groups is 1. The summed E-state index contributed by atoms with van der Waals surface area (Å²) in [5, 5.41) is 2.40. The van der Waals surface area contributed by atoms with Crippen molar-refractivity contribution in [2.45, 2.75) is 55.9 Å². The third-order valence-electron chi connectivity index (χ3n) is 4.02. The van der Waals surface area contributed by atoms with Gasteiger partial charge in [0.2, 0.25) is 5.91 Å². The van der Waals surface area contributed by atoms with Crippen molar-refractivity contribution in [2.75, 3.05) is 19.8 Å². The van der Waals surface area contributed by atoms with E-state index in [4.69, 9.17) is 4.74 Å². The Morgan fingerprint density at radius 2 is 1.90 bits per heavy atom. The first-order valence-electron chi connectivity index (χ1n) is 7.45. The quantitative estimate of drug-likeness (QED) is 0.651. The lowest BCUT2D eigenvalue weighted by atomic mass is 10.2. The van der Waals surface area contributed by atoms with Crippen LogP contribution in [0.1, 0.15) is 46.0 Å². The van der Waals surface area contributed by atoms with Gasteiger partial charge in [0.25, 0.3) is 0 Å². The molecule has 2 fully saturated rings. The van der Waals surface area contributed by atoms with Gasteiger partial charge in [0.15, 0.2) is 9.84 Å². The molecule has 0 aromatic heterocycles. The highest BCUT2D eigenvalue weighted by Gasteiger charge is 2.50. The number of carbonyl (C=O) groups is 1. The minimum atomic E-state index is -3.36. The van der Waals surface area contributed by atoms with Crippen molar-refractivity contribution < 1.29 is 17.9 Å². The van der Waals surface area contributed by atoms with Gasteiger partial charge in [-0.05, 0) is 51.9 Å². The molecule has 0 aromatic rings. The van der Waals surface area contributed by atoms with Gasteiger partial charge in [-0.3, -0.25) is 4.79 Å². The Hall–Kier alpha value is -0.620. The fourth-order valence-corrected chi connectivity index (χ4v) is 3.97. The molecule has 1 amide bonds. The number of nitrogens with one attached hydrogen (secondary N) is 1. The number of hydrogen-bond acceptors (Lipinski definition) is 4. The Morgan fingerprint density at radius 3 is 2.45 bits per heavy atom. The summed E-state index contributed by atoms with van der Waals surface area (Å²) in [6.07, 6.45) is 4.63. The lowest BCUT2D eigenvalue weighted by molar-refractivity contribution is -0.122. The number of rotatable bonds is 9. The lowest BCUT2D eigenvalue weighted by Crippen LogP contribution is -2.49. The predicted octanol–water partition coefficient (Wildman–Crippen LogP) is 1.28. The van der Waals surface area contributed by atoms with E-state index < -0.39 is 20.5 Å². The molecular formula is C14H25NO4S. The van der Waals surface area contributed by atoms with E-state index in [0.717, 1.165) is 18.9 Å². The number of amides is 1. The van der Waals surface area contributed by atoms with Crippen LogP contribution in [0.25, 0.3) is 0 Å². The molecule has 6 heteroatoms. The molecule has 0 unspecified atom stereocenters. The van der Waals surface area contributed by atoms with Crippen LogP contribution in [0.5, 0.6) is 0 Å². The standard InChI is InChI=1S/C14H25NO4S/c1-14(2,20(17,18)12-6-7-12)13(16)15-8-3-9-19-10-11-4-5-11/h11-12H,3-10H2,1-2H3,(H,15,16). The second kappa shape index (κ2) is 6.02. The number of ether oxygens (including phenoxy) is 1. The van der Waals surface area contributed by atoms with Crippen molar-refractivity contribution in [1.29, 1.82) is 0 Å². The summed E-state index contributed by atoms with van der Waals surface area (Å²) in [4.78, 5) is 12.1. The van der Waals surface area contributed by atoms with Crippen LogP contribution < -0.4 is 5.32 Å². The van der Waals surface area contributed by atoms with Gasteiger partial charge < -0.3 is 10.1 Å². The molecule has 0 bridgehead atoms. The average Bonchev–Trinajstić information content (AvgIpc) is 3.26. The maximum absolute atomic E-state index is 12.2. The Bertz CT molecular complexity index is 450. The van der Waals surface area contributed by atoms with E-state index in [2.05, 4.69) is 5.32 Å². The van der Waals surface area contributed by atoms with Gasteiger partial charge >= 0.3 is 0 Å². The Labute approximate surface area is 121 Å². The topological polar surface area (TPSA) is 72.5 Å². The predicted molar refractivity (Wildman–Crippen MR) is 77.2 cm³/mol. The number of hydrogen-bond donors (Lipinski definition) is 1. The Kier molecular flexibility index (Phi) is 4.74. The second-order valence-electron chi connectivity index (χ2n) is 6.38. The minimum Gasteiger partial charge on any atom is -0.381 e. The van der Waals surface area contributed by atoms with E-state index in [9.17, 15) is 13.2 Å². The molecule has 2 rings (SSSR count). The van der Waals surface area contributed by atoms with Gasteiger partial charge in [-0.15, -0.1) is 0 Å². The Morgan fingerprint density at radius 1 is 1.25 bits per heavy atom. The third-order valence-corrected chi connectivity index (χ3v) is 6.98. The molecule has 0 aromatic carbocycles. The molecule has 0 aliphatic heterocycles. The van der Waals surface area contributed by atoms with Gasteiger partial charge in [0.05, 0.1) is 5.25 Å². The highest BCUT2D eigenvalue weighted by Crippen LogP contribution is 2.36. The second-order valence-corrected chi connectivity index (χ2v) is 9.16. The van der Waals surface area contributed by atoms with Crippen LogP contribution in [-0.4, -0.2) is 44.1 Å². The highest BCUT2D eigenvalue weighted by atomic mass is 32.2. The van der Waals surface area contributed by atoms with Crippen molar-refractivity contribution in [3.05, 3.63) is 0 Å². The summed E-state index contributed by atoms with van der Waals surface area (Å²) in [5.41, 5.74) is 0. The summed E-state index contributed by atoms with van der Waals surface area (Å²) < 4.78 is 28.5. The van der Waals surface area contributed by atoms with Crippen molar-refractivity contribution >= 4 is 15.7 Å². The molecule has 0 spiro atoms. The van der Waals surface area contributed by atoms with Crippen LogP contribution in [-0.2, 0) is 19.4 Å². The molecule has 2 aliphatic carbocycles. The van der Waals surface area contributed by atoms with Crippen molar-refractivity contribution in [1.82, 2.24) is 5.32 Å². The minimum absolute atomic E-state index is 0.315. The van der Waals surface area contributed by atoms with E-state index in [1.807, 2.05) is 0 Å². The van der Waals surface area contributed by atoms with E-state index in [0.29, 0.717) is 26.0 Å². The molecule has 2 saturated carbocycles. The molecule has 5 nitrogen and oxygen atoms in total. The normalized spacial score (nSPS) is 19.9. The van der Waals surface area contributed by atoms with Crippen LogP contribution in [0, 0.1) is 5.92 Å². The maximum Gasteiger partial charge on any atom is 0.240 e. The summed E-state index contributed by atoms with van der Waals surface area (Å²) >= 11 is 0. The van der Waals surface area contributed by atoms with Crippen molar-refractivity contribution in [3.63, 3.8) is 0 Å². The fraction of sp³-hybridized carbons (Fsp3) is 0.929. The summed E-state index contributed by atoms with van der Waals surface area (Å²) in [6, 6.07) is 0. The maximum atomic E-state index is 12.2. The first kappa shape index (κ1) is 15.8. The van der Waals surface area contributed by atoms with Crippen LogP contribution in [0.4, 0.5) is 0 Å². The summed E-state index contributed by atoms with van der Waals surface area (Å²) in [6.45, 7) is 4.90. The molecule has 0 heterocycles. The molecule has 20 heavy (non-hydrogen) atoms. The van der Waals surface area contributed by atoms with Crippen LogP contribution in [0.2, 0.25) is 0 Å². The van der Waals surface area contributed by atoms with Crippen LogP contribution >= 0.6 is 0 Å². The van der Waals surface area contributed by atoms with Crippen molar-refractivity contribution in [3.8, 4) is 0 Å². The van der Waals surface area contributed by atoms with Gasteiger partial charge in [-0.25, -0.2) is 8.42 Å². The zero-order chi connectivity index (χ0) is 14.8. The van der Waals surface area contributed by atoms with E-state index in [1.165, 1.54) is 26.7 Å². The third kappa shape index (κ3) is 3.73. The monoisotopic (exact) mass is 303 g/mol. The average molecular weight is 303 g/mol. The molecule has 0 atom stereocenters. The lowest BCUT2D eigenvalue weighted by Gasteiger charge is -2.23.